The van der Waals surface area contributed by atoms with Crippen molar-refractivity contribution >= 4 is 21.6 Å². The maximum atomic E-state index is 13.0. The van der Waals surface area contributed by atoms with Crippen LogP contribution in [0.1, 0.15) is 38.2 Å². The highest BCUT2D eigenvalue weighted by Gasteiger charge is 2.25. The van der Waals surface area contributed by atoms with E-state index in [1.54, 1.807) is 29.4 Å². The number of hydrogen-bond acceptors (Lipinski definition) is 4. The molecule has 1 saturated heterocycles. The van der Waals surface area contributed by atoms with E-state index < -0.39 is 16.1 Å². The number of carbonyl (C=O) groups is 1. The Morgan fingerprint density at radius 2 is 1.72 bits per heavy atom. The third-order valence-electron chi connectivity index (χ3n) is 5.02. The average Bonchev–Trinajstić information content (AvgIpc) is 3.03. The summed E-state index contributed by atoms with van der Waals surface area (Å²) in [6, 6.07) is 16.0. The van der Waals surface area contributed by atoms with E-state index in [-0.39, 0.29) is 10.8 Å². The third-order valence-corrected chi connectivity index (χ3v) is 6.91. The van der Waals surface area contributed by atoms with Gasteiger partial charge in [0, 0.05) is 18.8 Å². The van der Waals surface area contributed by atoms with Crippen LogP contribution in [0.25, 0.3) is 0 Å². The minimum atomic E-state index is -3.56. The number of benzene rings is 2. The smallest absolute Gasteiger partial charge is 0.253 e. The lowest BCUT2D eigenvalue weighted by Gasteiger charge is -2.20. The van der Waals surface area contributed by atoms with Crippen molar-refractivity contribution in [2.45, 2.75) is 50.2 Å². The molecule has 7 heteroatoms. The summed E-state index contributed by atoms with van der Waals surface area (Å²) in [7, 11) is -3.56. The Kier molecular flexibility index (Phi) is 7.41. The Balaban J connectivity index is 1.63. The van der Waals surface area contributed by atoms with Crippen LogP contribution in [0, 0.1) is 0 Å². The van der Waals surface area contributed by atoms with Crippen LogP contribution >= 0.6 is 0 Å². The number of sulfonamides is 1. The molecule has 1 atom stereocenters. The van der Waals surface area contributed by atoms with Gasteiger partial charge in [-0.1, -0.05) is 49.2 Å². The molecular weight excluding hydrogens is 388 g/mol. The van der Waals surface area contributed by atoms with Gasteiger partial charge in [0.05, 0.1) is 11.5 Å². The number of amides is 1. The quantitative estimate of drug-likeness (QED) is 0.745. The monoisotopic (exact) mass is 416 g/mol. The van der Waals surface area contributed by atoms with Crippen molar-refractivity contribution < 1.29 is 17.9 Å². The second-order valence-electron chi connectivity index (χ2n) is 7.27. The molecule has 1 N–H and O–H groups in total. The Morgan fingerprint density at radius 1 is 1.03 bits per heavy atom. The molecule has 0 spiro atoms. The summed E-state index contributed by atoms with van der Waals surface area (Å²) in [6.07, 6.45) is 3.21. The standard InChI is InChI=1S/C22H28N2O4S/c1-18(28-17-19-10-5-4-6-11-19)22(25)23-20-12-9-13-21(16-20)29(26,27)24-14-7-2-3-8-15-24/h4-6,9-13,16,18H,2-3,7-8,14-15,17H2,1H3,(H,23,25). The molecule has 1 aliphatic heterocycles. The molecule has 2 aromatic carbocycles. The van der Waals surface area contributed by atoms with Gasteiger partial charge in [0.1, 0.15) is 6.10 Å². The molecule has 29 heavy (non-hydrogen) atoms. The number of hydrogen-bond donors (Lipinski definition) is 1. The maximum absolute atomic E-state index is 13.0. The van der Waals surface area contributed by atoms with Crippen molar-refractivity contribution in [2.24, 2.45) is 0 Å². The van der Waals surface area contributed by atoms with E-state index in [9.17, 15) is 13.2 Å². The topological polar surface area (TPSA) is 75.7 Å². The predicted octanol–water partition coefficient (Wildman–Crippen LogP) is 3.80. The highest BCUT2D eigenvalue weighted by molar-refractivity contribution is 7.89. The van der Waals surface area contributed by atoms with Gasteiger partial charge >= 0.3 is 0 Å². The van der Waals surface area contributed by atoms with E-state index in [2.05, 4.69) is 5.32 Å². The number of nitrogens with zero attached hydrogens (tertiary/aromatic N) is 1. The zero-order valence-corrected chi connectivity index (χ0v) is 17.5. The molecule has 0 saturated carbocycles. The first-order valence-corrected chi connectivity index (χ1v) is 11.5. The van der Waals surface area contributed by atoms with Crippen LogP contribution in [0.15, 0.2) is 59.5 Å². The molecule has 3 rings (SSSR count). The van der Waals surface area contributed by atoms with E-state index in [1.807, 2.05) is 30.3 Å². The number of carbonyl (C=O) groups excluding carboxylic acids is 1. The highest BCUT2D eigenvalue weighted by atomic mass is 32.2. The summed E-state index contributed by atoms with van der Waals surface area (Å²) in [5.74, 6) is -0.315. The van der Waals surface area contributed by atoms with Crippen molar-refractivity contribution in [2.75, 3.05) is 18.4 Å². The highest BCUT2D eigenvalue weighted by Crippen LogP contribution is 2.23. The molecule has 1 fully saturated rings. The summed E-state index contributed by atoms with van der Waals surface area (Å²) >= 11 is 0. The molecule has 0 bridgehead atoms. The van der Waals surface area contributed by atoms with E-state index in [0.29, 0.717) is 25.4 Å². The lowest BCUT2D eigenvalue weighted by molar-refractivity contribution is -0.127. The molecule has 6 nitrogen and oxygen atoms in total. The summed E-state index contributed by atoms with van der Waals surface area (Å²) in [5.41, 5.74) is 1.43. The van der Waals surface area contributed by atoms with Gasteiger partial charge in [-0.05, 0) is 43.5 Å². The van der Waals surface area contributed by atoms with Crippen LogP contribution in [0.2, 0.25) is 0 Å². The summed E-state index contributed by atoms with van der Waals surface area (Å²) in [6.45, 7) is 3.10. The molecule has 0 radical (unpaired) electrons. The molecule has 156 valence electrons. The molecule has 2 aromatic rings. The van der Waals surface area contributed by atoms with E-state index in [4.69, 9.17) is 4.74 Å². The maximum Gasteiger partial charge on any atom is 0.253 e. The predicted molar refractivity (Wildman–Crippen MR) is 113 cm³/mol. The zero-order chi connectivity index (χ0) is 20.7. The van der Waals surface area contributed by atoms with Crippen molar-refractivity contribution in [3.63, 3.8) is 0 Å². The minimum absolute atomic E-state index is 0.204. The summed E-state index contributed by atoms with van der Waals surface area (Å²) < 4.78 is 33.1. The Labute approximate surface area is 172 Å². The third kappa shape index (κ3) is 5.88. The number of ether oxygens (including phenoxy) is 1. The summed E-state index contributed by atoms with van der Waals surface area (Å²) in [4.78, 5) is 12.6. The lowest BCUT2D eigenvalue weighted by atomic mass is 10.2. The van der Waals surface area contributed by atoms with E-state index in [0.717, 1.165) is 31.2 Å². The van der Waals surface area contributed by atoms with E-state index >= 15 is 0 Å². The molecule has 1 heterocycles. The van der Waals surface area contributed by atoms with Crippen LogP contribution in [0.5, 0.6) is 0 Å². The average molecular weight is 417 g/mol. The van der Waals surface area contributed by atoms with E-state index in [1.165, 1.54) is 6.07 Å². The first-order valence-electron chi connectivity index (χ1n) is 10.0. The fourth-order valence-electron chi connectivity index (χ4n) is 3.28. The summed E-state index contributed by atoms with van der Waals surface area (Å²) in [5, 5.41) is 2.76. The van der Waals surface area contributed by atoms with Gasteiger partial charge in [-0.3, -0.25) is 4.79 Å². The van der Waals surface area contributed by atoms with Gasteiger partial charge < -0.3 is 10.1 Å². The minimum Gasteiger partial charge on any atom is -0.364 e. The van der Waals surface area contributed by atoms with Gasteiger partial charge in [-0.2, -0.15) is 4.31 Å². The van der Waals surface area contributed by atoms with Crippen molar-refractivity contribution in [1.82, 2.24) is 4.31 Å². The van der Waals surface area contributed by atoms with Gasteiger partial charge in [-0.25, -0.2) is 8.42 Å². The van der Waals surface area contributed by atoms with Gasteiger partial charge in [0.15, 0.2) is 0 Å². The van der Waals surface area contributed by atoms with Crippen LogP contribution < -0.4 is 5.32 Å². The van der Waals surface area contributed by atoms with Gasteiger partial charge in [0.25, 0.3) is 5.91 Å². The normalized spacial score (nSPS) is 16.7. The van der Waals surface area contributed by atoms with Crippen molar-refractivity contribution in [1.29, 1.82) is 0 Å². The first-order chi connectivity index (χ1) is 14.0. The van der Waals surface area contributed by atoms with Crippen LogP contribution in [0.4, 0.5) is 5.69 Å². The molecule has 0 aliphatic carbocycles. The van der Waals surface area contributed by atoms with Gasteiger partial charge in [0.2, 0.25) is 10.0 Å². The first kappa shape index (κ1) is 21.5. The second kappa shape index (κ2) is 10.0. The Hall–Kier alpha value is -2.22. The Bertz CT molecular complexity index is 907. The van der Waals surface area contributed by atoms with Crippen LogP contribution in [-0.2, 0) is 26.2 Å². The number of nitrogens with one attached hydrogen (secondary N) is 1. The van der Waals surface area contributed by atoms with Gasteiger partial charge in [-0.15, -0.1) is 0 Å². The number of rotatable bonds is 7. The largest absolute Gasteiger partial charge is 0.364 e. The molecule has 0 aromatic heterocycles. The molecular formula is C22H28N2O4S. The number of anilines is 1. The fraction of sp³-hybridized carbons (Fsp3) is 0.409. The SMILES string of the molecule is CC(OCc1ccccc1)C(=O)Nc1cccc(S(=O)(=O)N2CCCCCC2)c1. The van der Waals surface area contributed by atoms with Crippen LogP contribution in [-0.4, -0.2) is 37.8 Å². The molecule has 1 amide bonds. The zero-order valence-electron chi connectivity index (χ0n) is 16.7. The fourth-order valence-corrected chi connectivity index (χ4v) is 4.84. The van der Waals surface area contributed by atoms with Crippen molar-refractivity contribution in [3.8, 4) is 0 Å². The lowest BCUT2D eigenvalue weighted by Crippen LogP contribution is -2.32. The molecule has 1 unspecified atom stereocenters. The second-order valence-corrected chi connectivity index (χ2v) is 9.21. The van der Waals surface area contributed by atoms with Crippen LogP contribution in [0.3, 0.4) is 0 Å². The Morgan fingerprint density at radius 3 is 2.41 bits per heavy atom. The molecule has 1 aliphatic rings. The van der Waals surface area contributed by atoms with Crippen molar-refractivity contribution in [3.05, 3.63) is 60.2 Å².